The molecule has 3 aromatic rings. The second-order valence-electron chi connectivity index (χ2n) is 7.39. The molecule has 10 nitrogen and oxygen atoms in total. The van der Waals surface area contributed by atoms with Crippen LogP contribution in [-0.4, -0.2) is 38.0 Å². The minimum absolute atomic E-state index is 0.00535. The lowest BCUT2D eigenvalue weighted by molar-refractivity contribution is -0.122. The summed E-state index contributed by atoms with van der Waals surface area (Å²) in [4.78, 5) is 50.2. The Labute approximate surface area is 210 Å². The van der Waals surface area contributed by atoms with Gasteiger partial charge in [0.25, 0.3) is 11.8 Å². The van der Waals surface area contributed by atoms with Gasteiger partial charge in [-0.2, -0.15) is 0 Å². The number of imide groups is 2. The maximum atomic E-state index is 13.0. The van der Waals surface area contributed by atoms with Crippen molar-refractivity contribution in [2.45, 2.75) is 6.61 Å². The Morgan fingerprint density at radius 2 is 1.86 bits per heavy atom. The van der Waals surface area contributed by atoms with Gasteiger partial charge in [-0.05, 0) is 54.1 Å². The van der Waals surface area contributed by atoms with E-state index in [0.29, 0.717) is 27.8 Å². The summed E-state index contributed by atoms with van der Waals surface area (Å²) in [5, 5.41) is 2.48. The fraction of sp³-hybridized carbons (Fsp3) is 0.120. The van der Waals surface area contributed by atoms with Crippen molar-refractivity contribution in [1.29, 1.82) is 0 Å². The van der Waals surface area contributed by atoms with E-state index in [1.54, 1.807) is 36.4 Å². The number of carbonyl (C=O) groups is 4. The smallest absolute Gasteiger partial charge is 0.373 e. The average Bonchev–Trinajstić information content (AvgIpc) is 3.34. The third kappa shape index (κ3) is 5.08. The lowest BCUT2D eigenvalue weighted by Crippen LogP contribution is -2.54. The highest BCUT2D eigenvalue weighted by Crippen LogP contribution is 2.31. The van der Waals surface area contributed by atoms with Crippen LogP contribution in [0.1, 0.15) is 21.9 Å². The highest BCUT2D eigenvalue weighted by molar-refractivity contribution is 6.39. The molecular formula is C25H19ClN2O8. The van der Waals surface area contributed by atoms with Gasteiger partial charge in [0.1, 0.15) is 17.9 Å². The molecule has 11 heteroatoms. The van der Waals surface area contributed by atoms with E-state index in [4.69, 9.17) is 25.5 Å². The molecule has 1 aromatic heterocycles. The molecule has 0 bridgehead atoms. The first kappa shape index (κ1) is 24.6. The van der Waals surface area contributed by atoms with Crippen molar-refractivity contribution >= 4 is 47.2 Å². The Hall–Kier alpha value is -4.57. The van der Waals surface area contributed by atoms with Crippen molar-refractivity contribution in [1.82, 2.24) is 5.32 Å². The van der Waals surface area contributed by atoms with Gasteiger partial charge >= 0.3 is 12.0 Å². The van der Waals surface area contributed by atoms with E-state index in [0.717, 1.165) is 4.90 Å². The lowest BCUT2D eigenvalue weighted by atomic mass is 10.1. The SMILES string of the molecule is COC(=O)c1ccc(COc2ccc(C=C3C(=O)NC(=O)N(c4cccc(Cl)c4)C3=O)cc2OC)o1. The van der Waals surface area contributed by atoms with Crippen molar-refractivity contribution in [2.24, 2.45) is 0 Å². The molecule has 4 rings (SSSR count). The van der Waals surface area contributed by atoms with Gasteiger partial charge in [-0.15, -0.1) is 0 Å². The monoisotopic (exact) mass is 510 g/mol. The first-order chi connectivity index (χ1) is 17.3. The number of hydrogen-bond donors (Lipinski definition) is 1. The number of nitrogens with one attached hydrogen (secondary N) is 1. The Morgan fingerprint density at radius 3 is 2.58 bits per heavy atom. The molecule has 0 radical (unpaired) electrons. The van der Waals surface area contributed by atoms with Crippen LogP contribution in [-0.2, 0) is 20.9 Å². The van der Waals surface area contributed by atoms with E-state index >= 15 is 0 Å². The topological polar surface area (TPSA) is 124 Å². The predicted molar refractivity (Wildman–Crippen MR) is 128 cm³/mol. The highest BCUT2D eigenvalue weighted by atomic mass is 35.5. The van der Waals surface area contributed by atoms with E-state index in [-0.39, 0.29) is 23.6 Å². The quantitative estimate of drug-likeness (QED) is 0.287. The maximum Gasteiger partial charge on any atom is 0.373 e. The molecule has 1 N–H and O–H groups in total. The number of halogens is 1. The van der Waals surface area contributed by atoms with Crippen LogP contribution in [0, 0.1) is 0 Å². The number of anilines is 1. The van der Waals surface area contributed by atoms with E-state index < -0.39 is 23.8 Å². The van der Waals surface area contributed by atoms with Crippen LogP contribution in [0.2, 0.25) is 5.02 Å². The summed E-state index contributed by atoms with van der Waals surface area (Å²) >= 11 is 5.99. The summed E-state index contributed by atoms with van der Waals surface area (Å²) in [6.07, 6.45) is 1.34. The van der Waals surface area contributed by atoms with Gasteiger partial charge in [-0.25, -0.2) is 14.5 Å². The standard InChI is InChI=1S/C25H19ClN2O8/c1-33-21-11-14(6-8-19(21)35-13-17-7-9-20(36-17)24(31)34-2)10-18-22(29)27-25(32)28(23(18)30)16-5-3-4-15(26)12-16/h3-12H,13H2,1-2H3,(H,27,29,32). The minimum Gasteiger partial charge on any atom is -0.493 e. The van der Waals surface area contributed by atoms with E-state index in [2.05, 4.69) is 10.1 Å². The Balaban J connectivity index is 1.56. The number of ether oxygens (including phenoxy) is 3. The second kappa shape index (κ2) is 10.4. The Bertz CT molecular complexity index is 1390. The highest BCUT2D eigenvalue weighted by Gasteiger charge is 2.36. The summed E-state index contributed by atoms with van der Waals surface area (Å²) in [6, 6.07) is 13.1. The van der Waals surface area contributed by atoms with E-state index in [1.165, 1.54) is 38.5 Å². The number of hydrogen-bond acceptors (Lipinski definition) is 8. The maximum absolute atomic E-state index is 13.0. The molecule has 0 aliphatic carbocycles. The third-order valence-corrected chi connectivity index (χ3v) is 5.32. The number of methoxy groups -OCH3 is 2. The molecule has 1 saturated heterocycles. The van der Waals surface area contributed by atoms with Crippen molar-refractivity contribution in [3.8, 4) is 11.5 Å². The predicted octanol–water partition coefficient (Wildman–Crippen LogP) is 3.97. The molecule has 0 spiro atoms. The molecule has 1 aliphatic rings. The number of carbonyl (C=O) groups excluding carboxylic acids is 4. The zero-order valence-electron chi connectivity index (χ0n) is 19.1. The zero-order valence-corrected chi connectivity index (χ0v) is 19.8. The van der Waals surface area contributed by atoms with Crippen LogP contribution in [0.5, 0.6) is 11.5 Å². The third-order valence-electron chi connectivity index (χ3n) is 5.08. The minimum atomic E-state index is -0.876. The second-order valence-corrected chi connectivity index (χ2v) is 7.83. The molecule has 0 atom stereocenters. The van der Waals surface area contributed by atoms with Gasteiger partial charge in [0.05, 0.1) is 19.9 Å². The van der Waals surface area contributed by atoms with Crippen molar-refractivity contribution in [2.75, 3.05) is 19.1 Å². The molecule has 1 aliphatic heterocycles. The molecule has 2 aromatic carbocycles. The van der Waals surface area contributed by atoms with Crippen LogP contribution >= 0.6 is 11.6 Å². The fourth-order valence-electron chi connectivity index (χ4n) is 3.38. The van der Waals surface area contributed by atoms with Crippen molar-refractivity contribution in [3.63, 3.8) is 0 Å². The molecule has 2 heterocycles. The van der Waals surface area contributed by atoms with E-state index in [9.17, 15) is 19.2 Å². The van der Waals surface area contributed by atoms with E-state index in [1.807, 2.05) is 0 Å². The summed E-state index contributed by atoms with van der Waals surface area (Å²) < 4.78 is 21.1. The molecule has 4 amide bonds. The first-order valence-corrected chi connectivity index (χ1v) is 10.8. The van der Waals surface area contributed by atoms with Gasteiger partial charge < -0.3 is 18.6 Å². The Morgan fingerprint density at radius 1 is 1.06 bits per heavy atom. The van der Waals surface area contributed by atoms with Gasteiger partial charge in [0.2, 0.25) is 5.76 Å². The van der Waals surface area contributed by atoms with Crippen molar-refractivity contribution in [3.05, 3.63) is 82.3 Å². The van der Waals surface area contributed by atoms with Crippen LogP contribution in [0.4, 0.5) is 10.5 Å². The largest absolute Gasteiger partial charge is 0.493 e. The van der Waals surface area contributed by atoms with Gasteiger partial charge in [-0.1, -0.05) is 23.7 Å². The van der Waals surface area contributed by atoms with Crippen molar-refractivity contribution < 1.29 is 37.8 Å². The first-order valence-electron chi connectivity index (χ1n) is 10.5. The molecule has 36 heavy (non-hydrogen) atoms. The molecular weight excluding hydrogens is 492 g/mol. The number of furan rings is 1. The molecule has 0 unspecified atom stereocenters. The number of nitrogens with zero attached hydrogens (tertiary/aromatic N) is 1. The van der Waals surface area contributed by atoms with Crippen LogP contribution < -0.4 is 19.7 Å². The summed E-state index contributed by atoms with van der Waals surface area (Å²) in [7, 11) is 2.68. The van der Waals surface area contributed by atoms with Crippen LogP contribution in [0.25, 0.3) is 6.08 Å². The summed E-state index contributed by atoms with van der Waals surface area (Å²) in [5.74, 6) is -1.13. The number of benzene rings is 2. The Kier molecular flexibility index (Phi) is 7.07. The number of rotatable bonds is 7. The fourth-order valence-corrected chi connectivity index (χ4v) is 3.57. The summed E-state index contributed by atoms with van der Waals surface area (Å²) in [5.41, 5.74) is 0.415. The average molecular weight is 511 g/mol. The number of urea groups is 1. The van der Waals surface area contributed by atoms with Crippen LogP contribution in [0.15, 0.2) is 64.6 Å². The number of barbiturate groups is 1. The van der Waals surface area contributed by atoms with Gasteiger partial charge in [0.15, 0.2) is 11.5 Å². The van der Waals surface area contributed by atoms with Gasteiger partial charge in [0, 0.05) is 5.02 Å². The lowest BCUT2D eigenvalue weighted by Gasteiger charge is -2.26. The normalized spacial score (nSPS) is 14.6. The van der Waals surface area contributed by atoms with Gasteiger partial charge in [-0.3, -0.25) is 14.9 Å². The molecule has 0 saturated carbocycles. The number of amides is 4. The number of esters is 1. The summed E-state index contributed by atoms with van der Waals surface area (Å²) in [6.45, 7) is 0.00535. The molecule has 184 valence electrons. The van der Waals surface area contributed by atoms with Crippen LogP contribution in [0.3, 0.4) is 0 Å². The zero-order chi connectivity index (χ0) is 25.8. The molecule has 1 fully saturated rings.